The van der Waals surface area contributed by atoms with Gasteiger partial charge in [-0.3, -0.25) is 4.79 Å². The minimum Gasteiger partial charge on any atom is -0.346 e. The molecule has 130 valence electrons. The van der Waals surface area contributed by atoms with E-state index in [2.05, 4.69) is 5.32 Å². The van der Waals surface area contributed by atoms with E-state index in [0.29, 0.717) is 13.1 Å². The number of halogens is 1. The minimum atomic E-state index is -0.210. The van der Waals surface area contributed by atoms with Crippen LogP contribution in [0.1, 0.15) is 44.1 Å². The zero-order valence-corrected chi connectivity index (χ0v) is 14.5. The third-order valence-electron chi connectivity index (χ3n) is 6.30. The first-order valence-electron chi connectivity index (χ1n) is 9.36. The number of carbonyl (C=O) groups is 1. The number of likely N-dealkylation sites (N-methyl/N-ethyl adjacent to an activating group) is 1. The van der Waals surface area contributed by atoms with E-state index in [9.17, 15) is 9.18 Å². The maximum Gasteiger partial charge on any atom is 0.275 e. The van der Waals surface area contributed by atoms with Gasteiger partial charge in [-0.25, -0.2) is 4.39 Å². The highest BCUT2D eigenvalue weighted by atomic mass is 19.1. The molecule has 0 aromatic heterocycles. The van der Waals surface area contributed by atoms with E-state index in [0.717, 1.165) is 28.2 Å². The summed E-state index contributed by atoms with van der Waals surface area (Å²) in [5.74, 6) is 2.47. The topological polar surface area (TPSA) is 33.5 Å². The molecular weight excluding hydrogens is 303 g/mol. The Morgan fingerprint density at radius 2 is 1.83 bits per heavy atom. The van der Waals surface area contributed by atoms with Crippen LogP contribution in [-0.2, 0) is 11.3 Å². The Morgan fingerprint density at radius 3 is 2.42 bits per heavy atom. The normalized spacial score (nSPS) is 35.0. The number of hydrogen-bond acceptors (Lipinski definition) is 1. The van der Waals surface area contributed by atoms with Crippen LogP contribution < -0.4 is 10.2 Å². The molecule has 4 fully saturated rings. The predicted molar refractivity (Wildman–Crippen MR) is 90.9 cm³/mol. The number of benzene rings is 1. The van der Waals surface area contributed by atoms with Crippen molar-refractivity contribution >= 4 is 5.91 Å². The van der Waals surface area contributed by atoms with Gasteiger partial charge < -0.3 is 10.2 Å². The van der Waals surface area contributed by atoms with Gasteiger partial charge in [0.25, 0.3) is 5.91 Å². The van der Waals surface area contributed by atoms with E-state index in [1.807, 2.05) is 13.1 Å². The number of hydrogen-bond donors (Lipinski definition) is 2. The summed E-state index contributed by atoms with van der Waals surface area (Å²) in [7, 11) is 2.00. The molecule has 4 aliphatic carbocycles. The molecule has 1 unspecified atom stereocenters. The van der Waals surface area contributed by atoms with Crippen LogP contribution in [0.15, 0.2) is 24.3 Å². The first-order valence-corrected chi connectivity index (χ1v) is 9.36. The largest absolute Gasteiger partial charge is 0.346 e. The summed E-state index contributed by atoms with van der Waals surface area (Å²) in [6.07, 6.45) is 7.73. The fraction of sp³-hybridized carbons (Fsp3) is 0.650. The molecule has 0 spiro atoms. The van der Waals surface area contributed by atoms with Gasteiger partial charge in [-0.2, -0.15) is 0 Å². The Balaban J connectivity index is 1.33. The van der Waals surface area contributed by atoms with Crippen LogP contribution >= 0.6 is 0 Å². The highest BCUT2D eigenvalue weighted by Gasteiger charge is 2.51. The van der Waals surface area contributed by atoms with Gasteiger partial charge in [-0.05, 0) is 68.4 Å². The smallest absolute Gasteiger partial charge is 0.275 e. The Bertz CT molecular complexity index is 595. The van der Waals surface area contributed by atoms with Gasteiger partial charge in [0.2, 0.25) is 0 Å². The summed E-state index contributed by atoms with van der Waals surface area (Å²) in [6, 6.07) is 6.66. The predicted octanol–water partition coefficient (Wildman–Crippen LogP) is 1.93. The van der Waals surface area contributed by atoms with Crippen LogP contribution in [0.4, 0.5) is 4.39 Å². The van der Waals surface area contributed by atoms with Crippen molar-refractivity contribution in [1.82, 2.24) is 5.32 Å². The molecule has 4 aliphatic rings. The minimum absolute atomic E-state index is 0.0883. The van der Waals surface area contributed by atoms with Crippen molar-refractivity contribution in [3.63, 3.8) is 0 Å². The Morgan fingerprint density at radius 1 is 1.21 bits per heavy atom. The van der Waals surface area contributed by atoms with Gasteiger partial charge in [0.15, 0.2) is 6.54 Å². The van der Waals surface area contributed by atoms with Crippen molar-refractivity contribution in [1.29, 1.82) is 0 Å². The van der Waals surface area contributed by atoms with Gasteiger partial charge in [0.1, 0.15) is 12.4 Å². The molecule has 3 nitrogen and oxygen atoms in total. The summed E-state index contributed by atoms with van der Waals surface area (Å²) in [6.45, 7) is 1.13. The van der Waals surface area contributed by atoms with E-state index < -0.39 is 0 Å². The maximum absolute atomic E-state index is 13.3. The lowest BCUT2D eigenvalue weighted by atomic mass is 9.53. The lowest BCUT2D eigenvalue weighted by molar-refractivity contribution is -0.885. The summed E-state index contributed by atoms with van der Waals surface area (Å²) in [5, 5.41) is 3.42. The quantitative estimate of drug-likeness (QED) is 0.849. The van der Waals surface area contributed by atoms with Crippen LogP contribution in [0.2, 0.25) is 0 Å². The number of quaternary nitrogens is 1. The second-order valence-electron chi connectivity index (χ2n) is 8.69. The number of amides is 1. The zero-order valence-electron chi connectivity index (χ0n) is 14.5. The van der Waals surface area contributed by atoms with Gasteiger partial charge in [0, 0.05) is 11.1 Å². The molecule has 4 saturated carbocycles. The average Bonchev–Trinajstić information content (AvgIpc) is 2.44. The van der Waals surface area contributed by atoms with Gasteiger partial charge in [-0.1, -0.05) is 12.1 Å². The zero-order chi connectivity index (χ0) is 16.7. The van der Waals surface area contributed by atoms with Crippen LogP contribution in [0.25, 0.3) is 0 Å². The number of carbonyl (C=O) groups excluding carboxylic acids is 1. The van der Waals surface area contributed by atoms with Gasteiger partial charge in [-0.15, -0.1) is 0 Å². The third-order valence-corrected chi connectivity index (χ3v) is 6.30. The Kier molecular flexibility index (Phi) is 4.11. The molecule has 2 N–H and O–H groups in total. The van der Waals surface area contributed by atoms with Crippen LogP contribution in [-0.4, -0.2) is 25.0 Å². The van der Waals surface area contributed by atoms with Crippen molar-refractivity contribution in [3.05, 3.63) is 35.6 Å². The molecule has 1 atom stereocenters. The molecule has 0 saturated heterocycles. The third kappa shape index (κ3) is 3.34. The highest BCUT2D eigenvalue weighted by molar-refractivity contribution is 5.77. The molecule has 1 aromatic rings. The molecule has 1 amide bonds. The monoisotopic (exact) mass is 331 g/mol. The fourth-order valence-electron chi connectivity index (χ4n) is 5.94. The maximum atomic E-state index is 13.3. The fourth-order valence-corrected chi connectivity index (χ4v) is 5.94. The molecule has 5 rings (SSSR count). The Hall–Kier alpha value is -1.42. The first kappa shape index (κ1) is 16.1. The lowest BCUT2D eigenvalue weighted by Gasteiger charge is -2.56. The van der Waals surface area contributed by atoms with Crippen LogP contribution in [0.5, 0.6) is 0 Å². The second kappa shape index (κ2) is 6.14. The van der Waals surface area contributed by atoms with Crippen molar-refractivity contribution in [2.45, 2.75) is 50.6 Å². The summed E-state index contributed by atoms with van der Waals surface area (Å²) in [4.78, 5) is 13.7. The summed E-state index contributed by atoms with van der Waals surface area (Å²) >= 11 is 0. The van der Waals surface area contributed by atoms with E-state index in [4.69, 9.17) is 0 Å². The molecule has 0 aliphatic heterocycles. The van der Waals surface area contributed by atoms with E-state index in [-0.39, 0.29) is 17.3 Å². The first-order chi connectivity index (χ1) is 11.5. The van der Waals surface area contributed by atoms with Gasteiger partial charge in [0.05, 0.1) is 7.05 Å². The average molecular weight is 331 g/mol. The molecular formula is C20H28FN2O+. The van der Waals surface area contributed by atoms with Crippen molar-refractivity contribution in [2.75, 3.05) is 13.6 Å². The SMILES string of the molecule is C[NH+](CC(=O)NC12CC3CC(CC(C3)C1)C2)Cc1cccc(F)c1. The molecule has 4 heteroatoms. The highest BCUT2D eigenvalue weighted by Crippen LogP contribution is 2.55. The molecule has 0 heterocycles. The van der Waals surface area contributed by atoms with Crippen LogP contribution in [0, 0.1) is 23.6 Å². The van der Waals surface area contributed by atoms with Crippen molar-refractivity contribution in [3.8, 4) is 0 Å². The van der Waals surface area contributed by atoms with Crippen molar-refractivity contribution < 1.29 is 14.1 Å². The summed E-state index contributed by atoms with van der Waals surface area (Å²) < 4.78 is 13.3. The van der Waals surface area contributed by atoms with E-state index in [1.54, 1.807) is 12.1 Å². The number of nitrogens with one attached hydrogen (secondary N) is 2. The van der Waals surface area contributed by atoms with Crippen LogP contribution in [0.3, 0.4) is 0 Å². The second-order valence-corrected chi connectivity index (χ2v) is 8.69. The molecule has 4 bridgehead atoms. The van der Waals surface area contributed by atoms with E-state index >= 15 is 0 Å². The van der Waals surface area contributed by atoms with E-state index in [1.165, 1.54) is 44.6 Å². The molecule has 1 aromatic carbocycles. The van der Waals surface area contributed by atoms with Crippen molar-refractivity contribution in [2.24, 2.45) is 17.8 Å². The standard InChI is InChI=1S/C20H27FN2O/c1-23(12-14-3-2-4-18(21)8-14)13-19(24)22-20-9-15-5-16(10-20)7-17(6-15)11-20/h2-4,8,15-17H,5-7,9-13H2,1H3,(H,22,24)/p+1. The van der Waals surface area contributed by atoms with Gasteiger partial charge >= 0.3 is 0 Å². The Labute approximate surface area is 143 Å². The summed E-state index contributed by atoms with van der Waals surface area (Å²) in [5.41, 5.74) is 1.03. The lowest BCUT2D eigenvalue weighted by Crippen LogP contribution is -3.09. The molecule has 24 heavy (non-hydrogen) atoms. The number of rotatable bonds is 5. The molecule has 0 radical (unpaired) electrons.